The van der Waals surface area contributed by atoms with Crippen molar-refractivity contribution >= 4 is 11.9 Å². The minimum atomic E-state index is -0.250. The summed E-state index contributed by atoms with van der Waals surface area (Å²) < 4.78 is 22.2. The number of ketones is 1. The fourth-order valence-electron chi connectivity index (χ4n) is 4.51. The number of fused-ring (bicyclic) bond motifs is 1. The van der Waals surface area contributed by atoms with Crippen molar-refractivity contribution in [3.8, 4) is 28.7 Å². The van der Waals surface area contributed by atoms with Crippen molar-refractivity contribution in [3.63, 3.8) is 0 Å². The Balaban J connectivity index is 1.70. The number of hydrogen-bond acceptors (Lipinski definition) is 6. The summed E-state index contributed by atoms with van der Waals surface area (Å²) in [6.45, 7) is 3.79. The Kier molecular flexibility index (Phi) is 6.28. The van der Waals surface area contributed by atoms with Crippen LogP contribution in [0, 0.1) is 0 Å². The second-order valence-corrected chi connectivity index (χ2v) is 8.29. The fourth-order valence-corrected chi connectivity index (χ4v) is 4.51. The summed E-state index contributed by atoms with van der Waals surface area (Å²) >= 11 is 0. The van der Waals surface area contributed by atoms with E-state index in [1.807, 2.05) is 0 Å². The number of benzene rings is 2. The van der Waals surface area contributed by atoms with Gasteiger partial charge in [-0.3, -0.25) is 4.79 Å². The lowest BCUT2D eigenvalue weighted by molar-refractivity contribution is -0.942. The van der Waals surface area contributed by atoms with Crippen molar-refractivity contribution in [1.29, 1.82) is 0 Å². The maximum absolute atomic E-state index is 13.1. The van der Waals surface area contributed by atoms with Crippen LogP contribution in [0.4, 0.5) is 0 Å². The highest BCUT2D eigenvalue weighted by atomic mass is 16.5. The lowest BCUT2D eigenvalue weighted by Gasteiger charge is -2.31. The van der Waals surface area contributed by atoms with E-state index in [-0.39, 0.29) is 17.3 Å². The van der Waals surface area contributed by atoms with Crippen LogP contribution in [0.15, 0.2) is 30.0 Å². The topological polar surface area (TPSA) is 81.5 Å². The van der Waals surface area contributed by atoms with Crippen LogP contribution in [0.3, 0.4) is 0 Å². The Morgan fingerprint density at radius 2 is 1.81 bits per heavy atom. The molecule has 0 spiro atoms. The zero-order chi connectivity index (χ0) is 22.8. The van der Waals surface area contributed by atoms with Crippen molar-refractivity contribution in [2.24, 2.45) is 0 Å². The van der Waals surface area contributed by atoms with Crippen LogP contribution >= 0.6 is 0 Å². The largest absolute Gasteiger partial charge is 0.872 e. The van der Waals surface area contributed by atoms with Gasteiger partial charge in [0.15, 0.2) is 17.3 Å². The third-order valence-corrected chi connectivity index (χ3v) is 6.41. The van der Waals surface area contributed by atoms with Gasteiger partial charge in [-0.25, -0.2) is 0 Å². The number of ether oxygens (including phenoxy) is 4. The molecule has 2 atom stereocenters. The van der Waals surface area contributed by atoms with Crippen LogP contribution in [0.1, 0.15) is 47.7 Å². The van der Waals surface area contributed by atoms with Gasteiger partial charge in [-0.1, -0.05) is 11.8 Å². The lowest BCUT2D eigenvalue weighted by Crippen LogP contribution is -3.14. The number of piperidine rings is 1. The van der Waals surface area contributed by atoms with Crippen LogP contribution in [-0.4, -0.2) is 39.7 Å². The normalized spacial score (nSPS) is 21.2. The summed E-state index contributed by atoms with van der Waals surface area (Å²) in [7, 11) is 4.63. The molecule has 2 aromatic rings. The molecule has 4 rings (SSSR count). The van der Waals surface area contributed by atoms with Gasteiger partial charge in [-0.05, 0) is 44.4 Å². The van der Waals surface area contributed by atoms with Crippen molar-refractivity contribution < 1.29 is 33.7 Å². The molecule has 1 saturated heterocycles. The second-order valence-electron chi connectivity index (χ2n) is 8.29. The molecule has 2 unspecified atom stereocenters. The quantitative estimate of drug-likeness (QED) is 0.696. The molecule has 32 heavy (non-hydrogen) atoms. The van der Waals surface area contributed by atoms with E-state index >= 15 is 0 Å². The number of likely N-dealkylation sites (tertiary alicyclic amines) is 1. The number of hydrogen-bond donors (Lipinski definition) is 1. The zero-order valence-corrected chi connectivity index (χ0v) is 18.9. The van der Waals surface area contributed by atoms with Gasteiger partial charge in [0.05, 0.1) is 39.5 Å². The van der Waals surface area contributed by atoms with Crippen LogP contribution in [-0.2, 0) is 6.54 Å². The Bertz CT molecular complexity index is 1060. The Labute approximate surface area is 188 Å². The molecule has 1 fully saturated rings. The zero-order valence-electron chi connectivity index (χ0n) is 18.9. The van der Waals surface area contributed by atoms with E-state index in [1.165, 1.54) is 17.4 Å². The van der Waals surface area contributed by atoms with Crippen LogP contribution in [0.25, 0.3) is 6.08 Å². The first-order valence-corrected chi connectivity index (χ1v) is 10.9. The van der Waals surface area contributed by atoms with Crippen LogP contribution in [0.2, 0.25) is 0 Å². The number of quaternary nitrogens is 1. The number of allylic oxidation sites excluding steroid dienone is 1. The number of methoxy groups -OCH3 is 3. The molecule has 1 N–H and O–H groups in total. The monoisotopic (exact) mass is 439 g/mol. The SMILES string of the molecule is COc1cc(OC)c(OC)cc1/C=C1\Oc2c(ccc([O-])c2C[NH+]2CCCCC2C)C1=O. The molecule has 2 aliphatic rings. The summed E-state index contributed by atoms with van der Waals surface area (Å²) in [5.41, 5.74) is 1.61. The molecule has 0 bridgehead atoms. The maximum atomic E-state index is 13.1. The molecule has 0 amide bonds. The summed E-state index contributed by atoms with van der Waals surface area (Å²) in [5.74, 6) is 1.74. The van der Waals surface area contributed by atoms with E-state index in [9.17, 15) is 9.90 Å². The van der Waals surface area contributed by atoms with E-state index in [1.54, 1.807) is 45.6 Å². The van der Waals surface area contributed by atoms with Gasteiger partial charge in [0.1, 0.15) is 18.0 Å². The Morgan fingerprint density at radius 1 is 1.09 bits per heavy atom. The number of Topliss-reactive ketones (excluding diaryl/α,β-unsaturated/α-hetero) is 1. The number of rotatable bonds is 6. The predicted octanol–water partition coefficient (Wildman–Crippen LogP) is 2.36. The molecule has 2 aromatic carbocycles. The molecular formula is C25H29NO6. The van der Waals surface area contributed by atoms with Crippen molar-refractivity contribution in [3.05, 3.63) is 46.7 Å². The Morgan fingerprint density at radius 3 is 2.50 bits per heavy atom. The minimum Gasteiger partial charge on any atom is -0.872 e. The highest BCUT2D eigenvalue weighted by Gasteiger charge is 2.32. The van der Waals surface area contributed by atoms with E-state index in [0.29, 0.717) is 52.3 Å². The molecule has 7 heteroatoms. The van der Waals surface area contributed by atoms with Crippen LogP contribution < -0.4 is 29.0 Å². The number of carbonyl (C=O) groups is 1. The summed E-state index contributed by atoms with van der Waals surface area (Å²) in [6.07, 6.45) is 5.13. The van der Waals surface area contributed by atoms with E-state index < -0.39 is 0 Å². The standard InChI is InChI=1S/C25H29NO6/c1-15-7-5-6-10-26(15)14-18-19(27)9-8-17-24(28)23(32-25(17)18)12-16-11-21(30-3)22(31-4)13-20(16)29-2/h8-9,11-13,15,27H,5-7,10,14H2,1-4H3/b23-12-. The van der Waals surface area contributed by atoms with E-state index in [2.05, 4.69) is 6.92 Å². The molecule has 0 radical (unpaired) electrons. The molecule has 7 nitrogen and oxygen atoms in total. The molecule has 2 heterocycles. The van der Waals surface area contributed by atoms with E-state index in [0.717, 1.165) is 19.4 Å². The van der Waals surface area contributed by atoms with Crippen molar-refractivity contribution in [2.45, 2.75) is 38.8 Å². The van der Waals surface area contributed by atoms with Gasteiger partial charge in [0.2, 0.25) is 5.78 Å². The summed E-state index contributed by atoms with van der Waals surface area (Å²) in [4.78, 5) is 14.5. The van der Waals surface area contributed by atoms with Crippen LogP contribution in [0.5, 0.6) is 28.7 Å². The first kappa shape index (κ1) is 22.0. The second kappa shape index (κ2) is 9.12. The van der Waals surface area contributed by atoms with Crippen molar-refractivity contribution in [1.82, 2.24) is 0 Å². The smallest absolute Gasteiger partial charge is 0.231 e. The number of carbonyl (C=O) groups excluding carboxylic acids is 1. The third kappa shape index (κ3) is 4.00. The lowest BCUT2D eigenvalue weighted by atomic mass is 10.0. The molecule has 2 aliphatic heterocycles. The Hall–Kier alpha value is -3.19. The molecular weight excluding hydrogens is 410 g/mol. The highest BCUT2D eigenvalue weighted by Crippen LogP contribution is 2.40. The van der Waals surface area contributed by atoms with Gasteiger partial charge >= 0.3 is 0 Å². The maximum Gasteiger partial charge on any atom is 0.231 e. The summed E-state index contributed by atoms with van der Waals surface area (Å²) in [5, 5.41) is 12.7. The average molecular weight is 440 g/mol. The third-order valence-electron chi connectivity index (χ3n) is 6.41. The molecule has 170 valence electrons. The first-order chi connectivity index (χ1) is 15.5. The minimum absolute atomic E-state index is 0.0910. The molecule has 0 aromatic heterocycles. The van der Waals surface area contributed by atoms with Gasteiger partial charge in [0, 0.05) is 17.2 Å². The van der Waals surface area contributed by atoms with E-state index in [4.69, 9.17) is 18.9 Å². The van der Waals surface area contributed by atoms with Gasteiger partial charge < -0.3 is 29.0 Å². The summed E-state index contributed by atoms with van der Waals surface area (Å²) in [6, 6.07) is 6.93. The highest BCUT2D eigenvalue weighted by molar-refractivity contribution is 6.15. The number of nitrogens with one attached hydrogen (secondary N) is 1. The van der Waals surface area contributed by atoms with Gasteiger partial charge in [-0.2, -0.15) is 0 Å². The van der Waals surface area contributed by atoms with Gasteiger partial charge in [0.25, 0.3) is 0 Å². The van der Waals surface area contributed by atoms with Gasteiger partial charge in [-0.15, -0.1) is 0 Å². The van der Waals surface area contributed by atoms with Crippen molar-refractivity contribution in [2.75, 3.05) is 27.9 Å². The fraction of sp³-hybridized carbons (Fsp3) is 0.400. The predicted molar refractivity (Wildman–Crippen MR) is 118 cm³/mol. The molecule has 0 aliphatic carbocycles. The molecule has 0 saturated carbocycles. The first-order valence-electron chi connectivity index (χ1n) is 10.9. The average Bonchev–Trinajstić information content (AvgIpc) is 3.12.